The Labute approximate surface area is 459 Å². The lowest BCUT2D eigenvalue weighted by Crippen LogP contribution is -2.43. The van der Waals surface area contributed by atoms with Gasteiger partial charge in [0.1, 0.15) is 24.1 Å². The van der Waals surface area contributed by atoms with Crippen LogP contribution in [0.25, 0.3) is 22.4 Å². The Morgan fingerprint density at radius 2 is 1.47 bits per heavy atom. The minimum absolute atomic E-state index is 0.0140. The van der Waals surface area contributed by atoms with Crippen molar-refractivity contribution in [3.05, 3.63) is 183 Å². The van der Waals surface area contributed by atoms with Gasteiger partial charge in [-0.1, -0.05) is 93.6 Å². The van der Waals surface area contributed by atoms with Gasteiger partial charge in [-0.05, 0) is 151 Å². The van der Waals surface area contributed by atoms with Gasteiger partial charge < -0.3 is 32.8 Å². The van der Waals surface area contributed by atoms with Crippen molar-refractivity contribution in [1.29, 1.82) is 5.26 Å². The molecule has 1 aliphatic carbocycles. The number of aromatic nitrogens is 2. The summed E-state index contributed by atoms with van der Waals surface area (Å²) in [7, 11) is -0.232. The average molecular weight is 1060 g/mol. The van der Waals surface area contributed by atoms with Gasteiger partial charge in [0.25, 0.3) is 11.8 Å². The van der Waals surface area contributed by atoms with E-state index in [2.05, 4.69) is 95.4 Å². The Bertz CT molecular complexity index is 3490. The third-order valence-electron chi connectivity index (χ3n) is 17.6. The van der Waals surface area contributed by atoms with E-state index < -0.39 is 8.32 Å². The molecule has 11 rings (SSSR count). The van der Waals surface area contributed by atoms with Crippen molar-refractivity contribution in [1.82, 2.24) is 18.9 Å². The van der Waals surface area contributed by atoms with Crippen LogP contribution in [0.2, 0.25) is 18.1 Å². The van der Waals surface area contributed by atoms with Crippen molar-refractivity contribution < 1.29 is 28.3 Å². The van der Waals surface area contributed by atoms with E-state index in [1.165, 1.54) is 16.7 Å². The van der Waals surface area contributed by atoms with E-state index in [9.17, 15) is 10.1 Å². The quantitative estimate of drug-likeness (QED) is 0.118. The van der Waals surface area contributed by atoms with E-state index in [1.807, 2.05) is 108 Å². The number of anilines is 2. The minimum atomic E-state index is -2.18. The lowest BCUT2D eigenvalue weighted by atomic mass is 9.90. The van der Waals surface area contributed by atoms with Crippen molar-refractivity contribution in [3.8, 4) is 34.2 Å². The van der Waals surface area contributed by atoms with Crippen LogP contribution in [0.5, 0.6) is 5.75 Å². The van der Waals surface area contributed by atoms with Crippen molar-refractivity contribution in [2.45, 2.75) is 111 Å². The van der Waals surface area contributed by atoms with Gasteiger partial charge in [-0.2, -0.15) is 5.26 Å². The average Bonchev–Trinajstić information content (AvgIpc) is 4.32. The first kappa shape index (κ1) is 52.4. The van der Waals surface area contributed by atoms with Crippen LogP contribution < -0.4 is 9.33 Å². The fraction of sp³-hybridized carbons (Fsp3) is 0.354. The molecule has 7 aromatic rings. The zero-order valence-electron chi connectivity index (χ0n) is 46.5. The molecule has 0 spiro atoms. The number of carbonyl (C=O) groups is 3. The second-order valence-electron chi connectivity index (χ2n) is 23.4. The van der Waals surface area contributed by atoms with Crippen LogP contribution >= 0.6 is 0 Å². The van der Waals surface area contributed by atoms with Gasteiger partial charge in [-0.25, -0.2) is 4.79 Å². The van der Waals surface area contributed by atoms with Crippen LogP contribution in [-0.2, 0) is 49.0 Å². The van der Waals surface area contributed by atoms with Crippen molar-refractivity contribution in [2.75, 3.05) is 31.3 Å². The first-order valence-corrected chi connectivity index (χ1v) is 30.4. The molecule has 400 valence electrons. The molecule has 4 aliphatic rings. The number of hydrogen-bond donors (Lipinski definition) is 0. The van der Waals surface area contributed by atoms with Crippen molar-refractivity contribution in [2.24, 2.45) is 13.0 Å². The Morgan fingerprint density at radius 3 is 2.14 bits per heavy atom. The number of amides is 3. The number of hydrogen-bond acceptors (Lipinski definition) is 7. The first-order valence-electron chi connectivity index (χ1n) is 27.5. The molecule has 1 fully saturated rings. The topological polar surface area (TPSA) is 122 Å². The molecular weight excluding hydrogens is 989 g/mol. The number of nitriles is 1. The number of nitrogens with zero attached hydrogens (tertiary/aromatic N) is 6. The summed E-state index contributed by atoms with van der Waals surface area (Å²) in [5, 5.41) is 10.5. The van der Waals surface area contributed by atoms with Crippen molar-refractivity contribution >= 4 is 37.6 Å². The summed E-state index contributed by atoms with van der Waals surface area (Å²) in [4.78, 5) is 50.8. The van der Waals surface area contributed by atoms with E-state index in [0.29, 0.717) is 67.5 Å². The number of carbonyl (C=O) groups excluding carboxylic acids is 3. The Balaban J connectivity index is 0.956. The summed E-state index contributed by atoms with van der Waals surface area (Å²) in [6.07, 6.45) is 1.79. The second kappa shape index (κ2) is 20.6. The van der Waals surface area contributed by atoms with Crippen LogP contribution in [0.3, 0.4) is 0 Å². The summed E-state index contributed by atoms with van der Waals surface area (Å²) in [5.74, 6) is 0.534. The maximum atomic E-state index is 15.8. The van der Waals surface area contributed by atoms with Gasteiger partial charge in [0.05, 0.1) is 17.9 Å². The summed E-state index contributed by atoms with van der Waals surface area (Å²) in [5.41, 5.74) is 14.6. The summed E-state index contributed by atoms with van der Waals surface area (Å²) >= 11 is 0. The molecule has 0 N–H and O–H groups in total. The van der Waals surface area contributed by atoms with E-state index >= 15 is 9.59 Å². The van der Waals surface area contributed by atoms with Gasteiger partial charge in [0, 0.05) is 91.6 Å². The maximum absolute atomic E-state index is 15.8. The number of fused-ring (bicyclic) bond motifs is 5. The highest BCUT2D eigenvalue weighted by atomic mass is 28.4. The molecule has 3 amide bonds. The molecule has 0 radical (unpaired) electrons. The maximum Gasteiger partial charge on any atom is 0.410 e. The smallest absolute Gasteiger partial charge is 0.410 e. The van der Waals surface area contributed by atoms with Gasteiger partial charge >= 0.3 is 6.09 Å². The van der Waals surface area contributed by atoms with Crippen LogP contribution in [0.15, 0.2) is 121 Å². The lowest BCUT2D eigenvalue weighted by Gasteiger charge is -2.36. The van der Waals surface area contributed by atoms with E-state index in [1.54, 1.807) is 9.80 Å². The van der Waals surface area contributed by atoms with Crippen LogP contribution in [0, 0.1) is 31.1 Å². The minimum Gasteiger partial charge on any atom is -0.544 e. The fourth-order valence-corrected chi connectivity index (χ4v) is 12.9. The summed E-state index contributed by atoms with van der Waals surface area (Å²) < 4.78 is 22.7. The molecular formula is C65H70N6O6Si. The van der Waals surface area contributed by atoms with Gasteiger partial charge in [0.15, 0.2) is 0 Å². The summed E-state index contributed by atoms with van der Waals surface area (Å²) in [6.45, 7) is 20.4. The highest BCUT2D eigenvalue weighted by molar-refractivity contribution is 6.74. The molecule has 0 bridgehead atoms. The first-order chi connectivity index (χ1) is 37.4. The third kappa shape index (κ3) is 9.53. The molecule has 1 saturated heterocycles. The Morgan fingerprint density at radius 1 is 0.795 bits per heavy atom. The monoisotopic (exact) mass is 1060 g/mol. The van der Waals surface area contributed by atoms with Crippen molar-refractivity contribution in [3.63, 3.8) is 0 Å². The summed E-state index contributed by atoms with van der Waals surface area (Å²) in [6, 6.07) is 42.9. The molecule has 2 atom stereocenters. The number of benzene rings is 5. The van der Waals surface area contributed by atoms with E-state index in [0.717, 1.165) is 69.1 Å². The predicted octanol–water partition coefficient (Wildman–Crippen LogP) is 13.3. The zero-order valence-corrected chi connectivity index (χ0v) is 47.5. The predicted molar refractivity (Wildman–Crippen MR) is 308 cm³/mol. The molecule has 78 heavy (non-hydrogen) atoms. The third-order valence-corrected chi connectivity index (χ3v) is 22.0. The second-order valence-corrected chi connectivity index (χ2v) is 28.2. The van der Waals surface area contributed by atoms with E-state index in [-0.39, 0.29) is 54.0 Å². The van der Waals surface area contributed by atoms with E-state index in [4.69, 9.17) is 13.9 Å². The van der Waals surface area contributed by atoms with Gasteiger partial charge in [0.2, 0.25) is 8.32 Å². The molecule has 5 heterocycles. The highest BCUT2D eigenvalue weighted by Gasteiger charge is 2.40. The fourth-order valence-electron chi connectivity index (χ4n) is 11.9. The number of rotatable bonds is 11. The van der Waals surface area contributed by atoms with Gasteiger partial charge in [-0.15, -0.1) is 0 Å². The van der Waals surface area contributed by atoms with Crippen LogP contribution in [0.1, 0.15) is 111 Å². The molecule has 13 heteroatoms. The molecule has 12 nitrogen and oxygen atoms in total. The number of ether oxygens (including phenoxy) is 2. The highest BCUT2D eigenvalue weighted by Crippen LogP contribution is 2.45. The molecule has 2 aromatic heterocycles. The lowest BCUT2D eigenvalue weighted by molar-refractivity contribution is 0.0658. The van der Waals surface area contributed by atoms with Crippen LogP contribution in [0.4, 0.5) is 16.2 Å². The molecule has 0 saturated carbocycles. The largest absolute Gasteiger partial charge is 0.544 e. The van der Waals surface area contributed by atoms with Gasteiger partial charge in [-0.3, -0.25) is 14.5 Å². The molecule has 0 unspecified atom stereocenters. The molecule has 5 aromatic carbocycles. The Kier molecular flexibility index (Phi) is 13.8. The Hall–Kier alpha value is -7.66. The normalized spacial score (nSPS) is 17.0. The standard InChI is InChI=1S/C65H70N6O6Si/c1-41-30-45-16-10-11-17-47(45)38-69(41)62(72)58-32-48-37-68(64(74)76-40-59-54-20-14-12-18-52(54)53-19-13-15-21-55(53)59)28-26-46(48)31-57(58)61-34-56(42(2)67(61)7)63(73)71(49-22-24-51(25-23-49)77-78(8,9)65(4,5)6)60-33-50(35-66)70(43(60)3)36-44-27-29-75-39-44/h10-25,31-34,41,44,59H,26-30,36-40H2,1-9H3/t41-,44+/m1/s1. The zero-order chi connectivity index (χ0) is 54.8. The SMILES string of the molecule is Cc1c(C(=O)N(c2ccc(O[Si](C)(C)C(C)(C)C)cc2)c2cc(C#N)n(C[C@@H]3CCOC3)c2C)cc(-c2cc3c(cc2C(=O)N2Cc4ccccc4C[C@H]2C)CN(C(=O)OCC2c4ccccc4-c4ccccc42)CC3)n1C. The molecule has 3 aliphatic heterocycles. The van der Waals surface area contributed by atoms with Crippen LogP contribution in [-0.4, -0.2) is 77.6 Å².